The molecule has 15 heavy (non-hydrogen) atoms. The third kappa shape index (κ3) is 2.11. The number of carbonyl (C=O) groups is 1. The maximum atomic E-state index is 11.5. The normalized spacial score (nSPS) is 9.87. The van der Waals surface area contributed by atoms with Gasteiger partial charge in [-0.1, -0.05) is 0 Å². The van der Waals surface area contributed by atoms with E-state index < -0.39 is 0 Å². The predicted octanol–water partition coefficient (Wildman–Crippen LogP) is 0.904. The predicted molar refractivity (Wildman–Crippen MR) is 53.1 cm³/mol. The number of amides is 1. The Morgan fingerprint density at radius 3 is 2.87 bits per heavy atom. The van der Waals surface area contributed by atoms with Gasteiger partial charge in [0.1, 0.15) is 12.1 Å². The van der Waals surface area contributed by atoms with Crippen LogP contribution in [-0.4, -0.2) is 15.9 Å². The van der Waals surface area contributed by atoms with Crippen molar-refractivity contribution in [3.8, 4) is 0 Å². The standard InChI is InChI=1S/C9H8N4O2/c10-6-1-2-8(11-3-6)13-9(14)7-4-15-5-12-7/h1-5H,10H2,(H,11,13,14). The number of anilines is 2. The number of rotatable bonds is 2. The highest BCUT2D eigenvalue weighted by Gasteiger charge is 2.08. The second-order valence-corrected chi connectivity index (χ2v) is 2.80. The van der Waals surface area contributed by atoms with Crippen LogP contribution in [0.15, 0.2) is 35.4 Å². The second-order valence-electron chi connectivity index (χ2n) is 2.80. The zero-order valence-corrected chi connectivity index (χ0v) is 7.68. The molecule has 0 spiro atoms. The molecule has 1 amide bonds. The van der Waals surface area contributed by atoms with Crippen LogP contribution in [0.3, 0.4) is 0 Å². The molecule has 2 heterocycles. The summed E-state index contributed by atoms with van der Waals surface area (Å²) in [5.41, 5.74) is 6.19. The van der Waals surface area contributed by atoms with E-state index in [1.807, 2.05) is 0 Å². The van der Waals surface area contributed by atoms with Crippen LogP contribution < -0.4 is 11.1 Å². The molecular formula is C9H8N4O2. The van der Waals surface area contributed by atoms with Crippen molar-refractivity contribution in [3.05, 3.63) is 36.7 Å². The topological polar surface area (TPSA) is 94.0 Å². The Bertz CT molecular complexity index is 449. The molecule has 0 aliphatic rings. The first-order valence-electron chi connectivity index (χ1n) is 4.17. The van der Waals surface area contributed by atoms with Gasteiger partial charge in [0.15, 0.2) is 12.1 Å². The summed E-state index contributed by atoms with van der Waals surface area (Å²) in [5.74, 6) is 0.0400. The molecule has 0 saturated heterocycles. The molecule has 0 bridgehead atoms. The highest BCUT2D eigenvalue weighted by Crippen LogP contribution is 2.07. The number of hydrogen-bond donors (Lipinski definition) is 2. The summed E-state index contributed by atoms with van der Waals surface area (Å²) >= 11 is 0. The summed E-state index contributed by atoms with van der Waals surface area (Å²) < 4.78 is 4.68. The molecule has 6 heteroatoms. The fourth-order valence-corrected chi connectivity index (χ4v) is 0.984. The van der Waals surface area contributed by atoms with Gasteiger partial charge in [-0.3, -0.25) is 4.79 Å². The lowest BCUT2D eigenvalue weighted by atomic mass is 10.4. The van der Waals surface area contributed by atoms with E-state index in [1.165, 1.54) is 18.9 Å². The number of pyridine rings is 1. The van der Waals surface area contributed by atoms with Crippen LogP contribution in [0, 0.1) is 0 Å². The highest BCUT2D eigenvalue weighted by molar-refractivity contribution is 6.02. The number of oxazole rings is 1. The Balaban J connectivity index is 2.09. The Morgan fingerprint density at radius 1 is 1.40 bits per heavy atom. The quantitative estimate of drug-likeness (QED) is 0.758. The molecule has 0 aromatic carbocycles. The molecule has 76 valence electrons. The number of nitrogen functional groups attached to an aromatic ring is 1. The van der Waals surface area contributed by atoms with Crippen molar-refractivity contribution in [2.24, 2.45) is 0 Å². The molecule has 0 atom stereocenters. The van der Waals surface area contributed by atoms with E-state index in [4.69, 9.17) is 5.73 Å². The van der Waals surface area contributed by atoms with Crippen LogP contribution in [0.2, 0.25) is 0 Å². The van der Waals surface area contributed by atoms with Crippen molar-refractivity contribution < 1.29 is 9.21 Å². The van der Waals surface area contributed by atoms with Gasteiger partial charge in [-0.25, -0.2) is 9.97 Å². The first-order chi connectivity index (χ1) is 7.25. The third-order valence-electron chi connectivity index (χ3n) is 1.69. The van der Waals surface area contributed by atoms with Crippen molar-refractivity contribution in [2.75, 3.05) is 11.1 Å². The second kappa shape index (κ2) is 3.79. The van der Waals surface area contributed by atoms with E-state index in [-0.39, 0.29) is 11.6 Å². The number of nitrogens with two attached hydrogens (primary N) is 1. The van der Waals surface area contributed by atoms with Crippen LogP contribution >= 0.6 is 0 Å². The first-order valence-corrected chi connectivity index (χ1v) is 4.17. The van der Waals surface area contributed by atoms with Gasteiger partial charge in [-0.05, 0) is 12.1 Å². The average Bonchev–Trinajstić information content (AvgIpc) is 2.74. The number of aromatic nitrogens is 2. The molecular weight excluding hydrogens is 196 g/mol. The fraction of sp³-hybridized carbons (Fsp3) is 0. The molecule has 0 fully saturated rings. The smallest absolute Gasteiger partial charge is 0.278 e. The van der Waals surface area contributed by atoms with E-state index in [2.05, 4.69) is 19.7 Å². The van der Waals surface area contributed by atoms with Gasteiger partial charge in [0.2, 0.25) is 0 Å². The SMILES string of the molecule is Nc1ccc(NC(=O)c2cocn2)nc1. The molecule has 0 saturated carbocycles. The van der Waals surface area contributed by atoms with Crippen molar-refractivity contribution in [1.29, 1.82) is 0 Å². The van der Waals surface area contributed by atoms with Crippen LogP contribution in [0.1, 0.15) is 10.5 Å². The lowest BCUT2D eigenvalue weighted by molar-refractivity contribution is 0.102. The van der Waals surface area contributed by atoms with Crippen LogP contribution in [-0.2, 0) is 0 Å². The first kappa shape index (κ1) is 9.20. The van der Waals surface area contributed by atoms with Gasteiger partial charge in [0, 0.05) is 0 Å². The number of carbonyl (C=O) groups excluding carboxylic acids is 1. The molecule has 2 rings (SSSR count). The van der Waals surface area contributed by atoms with E-state index in [0.29, 0.717) is 11.5 Å². The van der Waals surface area contributed by atoms with Crippen molar-refractivity contribution in [1.82, 2.24) is 9.97 Å². The Morgan fingerprint density at radius 2 is 2.27 bits per heavy atom. The Hall–Kier alpha value is -2.37. The van der Waals surface area contributed by atoms with E-state index in [0.717, 1.165) is 0 Å². The highest BCUT2D eigenvalue weighted by atomic mass is 16.3. The monoisotopic (exact) mass is 204 g/mol. The molecule has 2 aromatic rings. The minimum atomic E-state index is -0.374. The minimum Gasteiger partial charge on any atom is -0.451 e. The number of nitrogens with zero attached hydrogens (tertiary/aromatic N) is 2. The minimum absolute atomic E-state index is 0.202. The summed E-state index contributed by atoms with van der Waals surface area (Å²) in [5, 5.41) is 2.54. The van der Waals surface area contributed by atoms with Crippen molar-refractivity contribution in [3.63, 3.8) is 0 Å². The maximum Gasteiger partial charge on any atom is 0.278 e. The largest absolute Gasteiger partial charge is 0.451 e. The molecule has 0 unspecified atom stereocenters. The molecule has 3 N–H and O–H groups in total. The summed E-state index contributed by atoms with van der Waals surface area (Å²) in [6, 6.07) is 3.25. The summed E-state index contributed by atoms with van der Waals surface area (Å²) in [4.78, 5) is 19.1. The molecule has 0 radical (unpaired) electrons. The molecule has 0 aliphatic heterocycles. The van der Waals surface area contributed by atoms with Crippen molar-refractivity contribution >= 4 is 17.4 Å². The van der Waals surface area contributed by atoms with Gasteiger partial charge in [0.25, 0.3) is 5.91 Å². The van der Waals surface area contributed by atoms with Gasteiger partial charge in [-0.2, -0.15) is 0 Å². The van der Waals surface area contributed by atoms with E-state index in [9.17, 15) is 4.79 Å². The van der Waals surface area contributed by atoms with Crippen molar-refractivity contribution in [2.45, 2.75) is 0 Å². The molecule has 0 aliphatic carbocycles. The van der Waals surface area contributed by atoms with Gasteiger partial charge in [-0.15, -0.1) is 0 Å². The van der Waals surface area contributed by atoms with Crippen LogP contribution in [0.5, 0.6) is 0 Å². The van der Waals surface area contributed by atoms with Crippen LogP contribution in [0.25, 0.3) is 0 Å². The lowest BCUT2D eigenvalue weighted by Gasteiger charge is -2.01. The number of nitrogens with one attached hydrogen (secondary N) is 1. The Kier molecular flexibility index (Phi) is 2.32. The van der Waals surface area contributed by atoms with Gasteiger partial charge in [0.05, 0.1) is 11.9 Å². The van der Waals surface area contributed by atoms with E-state index in [1.54, 1.807) is 12.1 Å². The van der Waals surface area contributed by atoms with Crippen LogP contribution in [0.4, 0.5) is 11.5 Å². The zero-order chi connectivity index (χ0) is 10.7. The molecule has 2 aromatic heterocycles. The maximum absolute atomic E-state index is 11.5. The van der Waals surface area contributed by atoms with E-state index >= 15 is 0 Å². The summed E-state index contributed by atoms with van der Waals surface area (Å²) in [7, 11) is 0. The third-order valence-corrected chi connectivity index (χ3v) is 1.69. The molecule has 6 nitrogen and oxygen atoms in total. The summed E-state index contributed by atoms with van der Waals surface area (Å²) in [6.45, 7) is 0. The summed E-state index contributed by atoms with van der Waals surface area (Å²) in [6.07, 6.45) is 3.90. The number of hydrogen-bond acceptors (Lipinski definition) is 5. The zero-order valence-electron chi connectivity index (χ0n) is 7.68. The van der Waals surface area contributed by atoms with Gasteiger partial charge < -0.3 is 15.5 Å². The average molecular weight is 204 g/mol. The van der Waals surface area contributed by atoms with Gasteiger partial charge >= 0.3 is 0 Å². The fourth-order valence-electron chi connectivity index (χ4n) is 0.984. The Labute approximate surface area is 85.1 Å². The lowest BCUT2D eigenvalue weighted by Crippen LogP contribution is -2.13.